The molecule has 118 valence electrons. The molecule has 1 saturated carbocycles. The van der Waals surface area contributed by atoms with Gasteiger partial charge in [0.2, 0.25) is 0 Å². The Morgan fingerprint density at radius 1 is 1.24 bits per heavy atom. The zero-order valence-electron chi connectivity index (χ0n) is 14.0. The van der Waals surface area contributed by atoms with Crippen LogP contribution in [-0.2, 0) is 0 Å². The molecule has 0 radical (unpaired) electrons. The molecule has 1 fully saturated rings. The van der Waals surface area contributed by atoms with Gasteiger partial charge in [-0.25, -0.2) is 0 Å². The first kappa shape index (κ1) is 16.8. The molecule has 1 aliphatic carbocycles. The highest BCUT2D eigenvalue weighted by atomic mass is 35.5. The second-order valence-corrected chi connectivity index (χ2v) is 8.31. The van der Waals surface area contributed by atoms with Gasteiger partial charge in [-0.15, -0.1) is 0 Å². The molecule has 0 bridgehead atoms. The molecule has 0 heterocycles. The number of nitrogens with one attached hydrogen (secondary N) is 1. The number of rotatable bonds is 5. The lowest BCUT2D eigenvalue weighted by Crippen LogP contribution is -2.35. The van der Waals surface area contributed by atoms with Crippen LogP contribution in [0.25, 0.3) is 0 Å². The fourth-order valence-electron chi connectivity index (χ4n) is 3.54. The van der Waals surface area contributed by atoms with Crippen LogP contribution in [0, 0.1) is 17.3 Å². The first-order valence-electron chi connectivity index (χ1n) is 8.33. The van der Waals surface area contributed by atoms with E-state index >= 15 is 0 Å². The van der Waals surface area contributed by atoms with Gasteiger partial charge in [0.05, 0.1) is 0 Å². The average Bonchev–Trinajstić information content (AvgIpc) is 2.40. The zero-order chi connectivity index (χ0) is 15.5. The van der Waals surface area contributed by atoms with Gasteiger partial charge in [0.15, 0.2) is 0 Å². The van der Waals surface area contributed by atoms with Crippen LogP contribution in [0.5, 0.6) is 0 Å². The van der Waals surface area contributed by atoms with E-state index in [1.165, 1.54) is 24.8 Å². The van der Waals surface area contributed by atoms with Gasteiger partial charge in [-0.05, 0) is 73.2 Å². The standard InChI is InChI=1S/C19H30ClN/c1-14(2)12-21-13-16-9-10-19(3,4)11-18(16)15-5-7-17(20)8-6-15/h5-8,14,16,18,21H,9-13H2,1-4H3. The van der Waals surface area contributed by atoms with Gasteiger partial charge in [-0.1, -0.05) is 51.4 Å². The van der Waals surface area contributed by atoms with Crippen molar-refractivity contribution in [2.45, 2.75) is 52.9 Å². The van der Waals surface area contributed by atoms with Crippen molar-refractivity contribution in [2.24, 2.45) is 17.3 Å². The summed E-state index contributed by atoms with van der Waals surface area (Å²) in [5.41, 5.74) is 1.92. The molecular formula is C19H30ClN. The zero-order valence-corrected chi connectivity index (χ0v) is 14.7. The largest absolute Gasteiger partial charge is 0.316 e. The van der Waals surface area contributed by atoms with Gasteiger partial charge in [-0.2, -0.15) is 0 Å². The maximum Gasteiger partial charge on any atom is 0.0406 e. The molecule has 1 aromatic carbocycles. The predicted octanol–water partition coefficient (Wildman–Crippen LogP) is 5.50. The van der Waals surface area contributed by atoms with E-state index in [4.69, 9.17) is 11.6 Å². The monoisotopic (exact) mass is 307 g/mol. The van der Waals surface area contributed by atoms with E-state index in [1.807, 2.05) is 12.1 Å². The summed E-state index contributed by atoms with van der Waals surface area (Å²) in [5.74, 6) is 2.13. The molecule has 1 nitrogen and oxygen atoms in total. The minimum atomic E-state index is 0.457. The van der Waals surface area contributed by atoms with E-state index in [9.17, 15) is 0 Å². The maximum atomic E-state index is 6.05. The molecule has 2 heteroatoms. The van der Waals surface area contributed by atoms with E-state index in [-0.39, 0.29) is 0 Å². The molecule has 1 N–H and O–H groups in total. The Hall–Kier alpha value is -0.530. The molecule has 0 aliphatic heterocycles. The van der Waals surface area contributed by atoms with Crippen molar-refractivity contribution in [1.29, 1.82) is 0 Å². The average molecular weight is 308 g/mol. The fraction of sp³-hybridized carbons (Fsp3) is 0.684. The smallest absolute Gasteiger partial charge is 0.0406 e. The first-order valence-corrected chi connectivity index (χ1v) is 8.71. The number of benzene rings is 1. The lowest BCUT2D eigenvalue weighted by atomic mass is 9.65. The van der Waals surface area contributed by atoms with Crippen LogP contribution in [0.2, 0.25) is 5.02 Å². The molecule has 0 aromatic heterocycles. The van der Waals surface area contributed by atoms with Crippen LogP contribution in [0.4, 0.5) is 0 Å². The van der Waals surface area contributed by atoms with E-state index in [0.717, 1.165) is 29.9 Å². The molecule has 0 amide bonds. The summed E-state index contributed by atoms with van der Waals surface area (Å²) in [5, 5.41) is 4.50. The molecule has 1 aromatic rings. The minimum Gasteiger partial charge on any atom is -0.316 e. The van der Waals surface area contributed by atoms with Gasteiger partial charge in [0.25, 0.3) is 0 Å². The molecular weight excluding hydrogens is 278 g/mol. The molecule has 2 atom stereocenters. The molecule has 0 saturated heterocycles. The maximum absolute atomic E-state index is 6.05. The van der Waals surface area contributed by atoms with E-state index in [0.29, 0.717) is 11.3 Å². The minimum absolute atomic E-state index is 0.457. The summed E-state index contributed by atoms with van der Waals surface area (Å²) in [4.78, 5) is 0. The van der Waals surface area contributed by atoms with Crippen molar-refractivity contribution in [2.75, 3.05) is 13.1 Å². The van der Waals surface area contributed by atoms with Crippen LogP contribution in [0.3, 0.4) is 0 Å². The van der Waals surface area contributed by atoms with Crippen molar-refractivity contribution in [1.82, 2.24) is 5.32 Å². The Labute approximate surface area is 135 Å². The Bertz CT molecular complexity index is 435. The van der Waals surface area contributed by atoms with E-state index < -0.39 is 0 Å². The quantitative estimate of drug-likeness (QED) is 0.758. The van der Waals surface area contributed by atoms with Gasteiger partial charge in [0, 0.05) is 5.02 Å². The lowest BCUT2D eigenvalue weighted by molar-refractivity contribution is 0.159. The molecule has 2 unspecified atom stereocenters. The summed E-state index contributed by atoms with van der Waals surface area (Å²) in [6.45, 7) is 11.6. The Morgan fingerprint density at radius 3 is 2.52 bits per heavy atom. The Balaban J connectivity index is 2.08. The van der Waals surface area contributed by atoms with Crippen molar-refractivity contribution < 1.29 is 0 Å². The van der Waals surface area contributed by atoms with E-state index in [2.05, 4.69) is 45.1 Å². The Morgan fingerprint density at radius 2 is 1.90 bits per heavy atom. The SMILES string of the molecule is CC(C)CNCC1CCC(C)(C)CC1c1ccc(Cl)cc1. The summed E-state index contributed by atoms with van der Waals surface area (Å²) >= 11 is 6.05. The number of halogens is 1. The number of hydrogen-bond acceptors (Lipinski definition) is 1. The lowest BCUT2D eigenvalue weighted by Gasteiger charge is -2.41. The Kier molecular flexibility index (Phi) is 5.73. The highest BCUT2D eigenvalue weighted by Crippen LogP contribution is 2.46. The van der Waals surface area contributed by atoms with Crippen LogP contribution in [0.15, 0.2) is 24.3 Å². The van der Waals surface area contributed by atoms with Gasteiger partial charge < -0.3 is 5.32 Å². The molecule has 2 rings (SSSR count). The van der Waals surface area contributed by atoms with Crippen molar-refractivity contribution in [3.05, 3.63) is 34.9 Å². The molecule has 0 spiro atoms. The summed E-state index contributed by atoms with van der Waals surface area (Å²) in [6, 6.07) is 8.53. The second-order valence-electron chi connectivity index (χ2n) is 7.88. The number of hydrogen-bond donors (Lipinski definition) is 1. The third kappa shape index (κ3) is 5.00. The van der Waals surface area contributed by atoms with Gasteiger partial charge in [0.1, 0.15) is 0 Å². The highest BCUT2D eigenvalue weighted by molar-refractivity contribution is 6.30. The van der Waals surface area contributed by atoms with Crippen molar-refractivity contribution in [3.63, 3.8) is 0 Å². The second kappa shape index (κ2) is 7.15. The molecule has 21 heavy (non-hydrogen) atoms. The van der Waals surface area contributed by atoms with Crippen LogP contribution < -0.4 is 5.32 Å². The first-order chi connectivity index (χ1) is 9.87. The topological polar surface area (TPSA) is 12.0 Å². The van der Waals surface area contributed by atoms with E-state index in [1.54, 1.807) is 0 Å². The third-order valence-electron chi connectivity index (χ3n) is 4.79. The third-order valence-corrected chi connectivity index (χ3v) is 5.04. The summed E-state index contributed by atoms with van der Waals surface area (Å²) < 4.78 is 0. The summed E-state index contributed by atoms with van der Waals surface area (Å²) in [7, 11) is 0. The van der Waals surface area contributed by atoms with Gasteiger partial charge >= 0.3 is 0 Å². The normalized spacial score (nSPS) is 25.2. The predicted molar refractivity (Wildman–Crippen MR) is 93.0 cm³/mol. The van der Waals surface area contributed by atoms with Gasteiger partial charge in [-0.3, -0.25) is 0 Å². The highest BCUT2D eigenvalue weighted by Gasteiger charge is 2.35. The fourth-order valence-corrected chi connectivity index (χ4v) is 3.67. The summed E-state index contributed by atoms with van der Waals surface area (Å²) in [6.07, 6.45) is 3.94. The van der Waals surface area contributed by atoms with Crippen LogP contribution >= 0.6 is 11.6 Å². The van der Waals surface area contributed by atoms with Crippen LogP contribution in [-0.4, -0.2) is 13.1 Å². The van der Waals surface area contributed by atoms with Crippen LogP contribution in [0.1, 0.15) is 58.4 Å². The van der Waals surface area contributed by atoms with Crippen molar-refractivity contribution in [3.8, 4) is 0 Å². The van der Waals surface area contributed by atoms with Crippen molar-refractivity contribution >= 4 is 11.6 Å². The molecule has 1 aliphatic rings.